The molecule has 1 rings (SSSR count). The number of rotatable bonds is 1. The number of hydrogen-bond donors (Lipinski definition) is 2. The van der Waals surface area contributed by atoms with E-state index in [2.05, 4.69) is 11.1 Å². The summed E-state index contributed by atoms with van der Waals surface area (Å²) in [6, 6.07) is 7.39. The van der Waals surface area contributed by atoms with Gasteiger partial charge in [0.1, 0.15) is 5.69 Å². The third-order valence-electron chi connectivity index (χ3n) is 1.25. The molecular formula is C8H11N2O+. The van der Waals surface area contributed by atoms with E-state index in [1.54, 1.807) is 0 Å². The van der Waals surface area contributed by atoms with Gasteiger partial charge in [0.15, 0.2) is 0 Å². The summed E-state index contributed by atoms with van der Waals surface area (Å²) in [6.07, 6.45) is 0. The average molecular weight is 151 g/mol. The molecular weight excluding hydrogens is 140 g/mol. The fraction of sp³-hybridized carbons (Fsp3) is 0.125. The summed E-state index contributed by atoms with van der Waals surface area (Å²) < 4.78 is 0. The molecule has 3 heteroatoms. The molecule has 1 amide bonds. The number of amides is 1. The molecule has 0 aliphatic rings. The summed E-state index contributed by atoms with van der Waals surface area (Å²) in [6.45, 7) is 1.48. The first-order valence-electron chi connectivity index (χ1n) is 3.38. The van der Waals surface area contributed by atoms with Crippen LogP contribution < -0.4 is 11.1 Å². The van der Waals surface area contributed by atoms with Crippen LogP contribution in [0.2, 0.25) is 0 Å². The van der Waals surface area contributed by atoms with Crippen LogP contribution in [-0.4, -0.2) is 5.91 Å². The van der Waals surface area contributed by atoms with Crippen molar-refractivity contribution in [2.75, 3.05) is 5.32 Å². The Morgan fingerprint density at radius 1 is 1.55 bits per heavy atom. The summed E-state index contributed by atoms with van der Waals surface area (Å²) in [7, 11) is 0. The quantitative estimate of drug-likeness (QED) is 0.604. The highest BCUT2D eigenvalue weighted by Gasteiger charge is 1.95. The van der Waals surface area contributed by atoms with Crippen LogP contribution in [0, 0.1) is 0 Å². The highest BCUT2D eigenvalue weighted by Crippen LogP contribution is 2.09. The van der Waals surface area contributed by atoms with Gasteiger partial charge in [0, 0.05) is 18.7 Å². The lowest BCUT2D eigenvalue weighted by atomic mass is 10.3. The van der Waals surface area contributed by atoms with E-state index in [4.69, 9.17) is 0 Å². The lowest BCUT2D eigenvalue weighted by Gasteiger charge is -1.99. The summed E-state index contributed by atoms with van der Waals surface area (Å²) in [5.74, 6) is -0.0596. The maximum atomic E-state index is 10.6. The van der Waals surface area contributed by atoms with Gasteiger partial charge in [-0.3, -0.25) is 4.79 Å². The molecule has 11 heavy (non-hydrogen) atoms. The zero-order chi connectivity index (χ0) is 8.27. The Labute approximate surface area is 65.2 Å². The van der Waals surface area contributed by atoms with Crippen molar-refractivity contribution in [3.63, 3.8) is 0 Å². The monoisotopic (exact) mass is 151 g/mol. The van der Waals surface area contributed by atoms with Gasteiger partial charge in [-0.2, -0.15) is 0 Å². The van der Waals surface area contributed by atoms with Crippen LogP contribution in [0.4, 0.5) is 11.4 Å². The predicted molar refractivity (Wildman–Crippen MR) is 43.3 cm³/mol. The molecule has 0 aromatic heterocycles. The van der Waals surface area contributed by atoms with Crippen LogP contribution in [0.25, 0.3) is 0 Å². The van der Waals surface area contributed by atoms with Crippen LogP contribution in [0.15, 0.2) is 24.3 Å². The first-order valence-corrected chi connectivity index (χ1v) is 3.38. The number of benzene rings is 1. The van der Waals surface area contributed by atoms with Crippen LogP contribution in [-0.2, 0) is 4.79 Å². The molecule has 0 spiro atoms. The third-order valence-corrected chi connectivity index (χ3v) is 1.25. The average Bonchev–Trinajstić information content (AvgIpc) is 1.85. The van der Waals surface area contributed by atoms with Crippen LogP contribution in [0.3, 0.4) is 0 Å². The molecule has 0 saturated carbocycles. The lowest BCUT2D eigenvalue weighted by Crippen LogP contribution is -2.40. The maximum Gasteiger partial charge on any atom is 0.221 e. The van der Waals surface area contributed by atoms with Crippen LogP contribution in [0.1, 0.15) is 6.92 Å². The molecule has 0 aliphatic carbocycles. The molecule has 0 radical (unpaired) electrons. The van der Waals surface area contributed by atoms with Crippen LogP contribution >= 0.6 is 0 Å². The van der Waals surface area contributed by atoms with Crippen molar-refractivity contribution in [1.82, 2.24) is 0 Å². The maximum absolute atomic E-state index is 10.6. The number of carbonyl (C=O) groups excluding carboxylic acids is 1. The molecule has 0 saturated heterocycles. The fourth-order valence-electron chi connectivity index (χ4n) is 0.852. The van der Waals surface area contributed by atoms with Crippen molar-refractivity contribution in [2.24, 2.45) is 0 Å². The summed E-state index contributed by atoms with van der Waals surface area (Å²) in [5, 5.41) is 2.67. The van der Waals surface area contributed by atoms with Crippen molar-refractivity contribution in [1.29, 1.82) is 0 Å². The van der Waals surface area contributed by atoms with E-state index in [-0.39, 0.29) is 5.91 Å². The highest BCUT2D eigenvalue weighted by atomic mass is 16.1. The van der Waals surface area contributed by atoms with Crippen molar-refractivity contribution >= 4 is 17.3 Å². The van der Waals surface area contributed by atoms with E-state index in [9.17, 15) is 4.79 Å². The molecule has 1 aromatic rings. The minimum absolute atomic E-state index is 0.0596. The van der Waals surface area contributed by atoms with E-state index in [1.165, 1.54) is 6.92 Å². The van der Waals surface area contributed by atoms with E-state index < -0.39 is 0 Å². The van der Waals surface area contributed by atoms with Crippen LogP contribution in [0.5, 0.6) is 0 Å². The van der Waals surface area contributed by atoms with E-state index in [0.717, 1.165) is 11.4 Å². The fourth-order valence-corrected chi connectivity index (χ4v) is 0.852. The van der Waals surface area contributed by atoms with Gasteiger partial charge < -0.3 is 11.1 Å². The zero-order valence-electron chi connectivity index (χ0n) is 6.42. The van der Waals surface area contributed by atoms with Crippen molar-refractivity contribution < 1.29 is 10.5 Å². The zero-order valence-corrected chi connectivity index (χ0v) is 6.42. The highest BCUT2D eigenvalue weighted by molar-refractivity contribution is 5.88. The Balaban J connectivity index is 2.79. The molecule has 3 nitrogen and oxygen atoms in total. The molecule has 0 fully saturated rings. The van der Waals surface area contributed by atoms with Crippen molar-refractivity contribution in [3.8, 4) is 0 Å². The molecule has 1 aromatic carbocycles. The van der Waals surface area contributed by atoms with Gasteiger partial charge in [-0.05, 0) is 12.1 Å². The number of anilines is 1. The molecule has 58 valence electrons. The van der Waals surface area contributed by atoms with Crippen molar-refractivity contribution in [2.45, 2.75) is 6.92 Å². The number of quaternary nitrogens is 1. The Hall–Kier alpha value is -1.35. The van der Waals surface area contributed by atoms with Gasteiger partial charge in [0.2, 0.25) is 5.91 Å². The Morgan fingerprint density at radius 2 is 2.27 bits per heavy atom. The van der Waals surface area contributed by atoms with Gasteiger partial charge in [-0.1, -0.05) is 6.07 Å². The summed E-state index contributed by atoms with van der Waals surface area (Å²) >= 11 is 0. The Bertz CT molecular complexity index is 271. The molecule has 4 N–H and O–H groups in total. The second-order valence-electron chi connectivity index (χ2n) is 2.38. The second-order valence-corrected chi connectivity index (χ2v) is 2.38. The standard InChI is InChI=1S/C8H10N2O/c1-6(11)10-8-4-2-3-7(9)5-8/h2-5H,9H2,1H3,(H,10,11)/p+1. The van der Waals surface area contributed by atoms with E-state index in [1.807, 2.05) is 24.3 Å². The van der Waals surface area contributed by atoms with E-state index in [0.29, 0.717) is 0 Å². The lowest BCUT2D eigenvalue weighted by molar-refractivity contribution is -0.254. The topological polar surface area (TPSA) is 56.7 Å². The molecule has 0 unspecified atom stereocenters. The second kappa shape index (κ2) is 3.16. The third kappa shape index (κ3) is 2.39. The number of carbonyl (C=O) groups is 1. The van der Waals surface area contributed by atoms with Gasteiger partial charge in [-0.15, -0.1) is 0 Å². The van der Waals surface area contributed by atoms with Gasteiger partial charge in [0.05, 0.1) is 0 Å². The van der Waals surface area contributed by atoms with Gasteiger partial charge >= 0.3 is 0 Å². The molecule has 0 aliphatic heterocycles. The smallest absolute Gasteiger partial charge is 0.221 e. The molecule has 0 heterocycles. The molecule has 0 atom stereocenters. The first kappa shape index (κ1) is 7.75. The SMILES string of the molecule is CC(=O)Nc1cccc([NH3+])c1. The van der Waals surface area contributed by atoms with Crippen molar-refractivity contribution in [3.05, 3.63) is 24.3 Å². The number of hydrogen-bond acceptors (Lipinski definition) is 1. The van der Waals surface area contributed by atoms with Gasteiger partial charge in [0.25, 0.3) is 0 Å². The normalized spacial score (nSPS) is 9.27. The minimum atomic E-state index is -0.0596. The Kier molecular flexibility index (Phi) is 2.23. The summed E-state index contributed by atoms with van der Waals surface area (Å²) in [5.41, 5.74) is 5.43. The minimum Gasteiger partial charge on any atom is -0.326 e. The predicted octanol–water partition coefficient (Wildman–Crippen LogP) is 0.518. The Morgan fingerprint density at radius 3 is 2.82 bits per heavy atom. The first-order chi connectivity index (χ1) is 5.18. The van der Waals surface area contributed by atoms with E-state index >= 15 is 0 Å². The van der Waals surface area contributed by atoms with Gasteiger partial charge in [-0.25, -0.2) is 0 Å². The largest absolute Gasteiger partial charge is 0.326 e. The summed E-state index contributed by atoms with van der Waals surface area (Å²) in [4.78, 5) is 10.6. The number of nitrogens with one attached hydrogen (secondary N) is 1. The molecule has 0 bridgehead atoms.